The van der Waals surface area contributed by atoms with E-state index in [0.29, 0.717) is 24.1 Å². The number of para-hydroxylation sites is 1. The van der Waals surface area contributed by atoms with Crippen molar-refractivity contribution in [3.8, 4) is 16.9 Å². The molecule has 3 heterocycles. The number of carbonyl (C=O) groups excluding carboxylic acids is 1. The summed E-state index contributed by atoms with van der Waals surface area (Å²) in [5.41, 5.74) is 3.43. The van der Waals surface area contributed by atoms with Gasteiger partial charge in [-0.15, -0.1) is 5.10 Å². The smallest absolute Gasteiger partial charge is 0.344 e. The molecule has 0 aliphatic carbocycles. The number of ether oxygens (including phenoxy) is 1. The van der Waals surface area contributed by atoms with Gasteiger partial charge in [0.1, 0.15) is 5.82 Å². The van der Waals surface area contributed by atoms with Crippen LogP contribution in [0.5, 0.6) is 0 Å². The number of hydrogen-bond donors (Lipinski definition) is 2. The normalized spacial score (nSPS) is 15.4. The van der Waals surface area contributed by atoms with E-state index in [1.54, 1.807) is 4.68 Å². The summed E-state index contributed by atoms with van der Waals surface area (Å²) in [6, 6.07) is 19.6. The summed E-state index contributed by atoms with van der Waals surface area (Å²) in [7, 11) is 0. The number of carbonyl (C=O) groups is 1. The molecule has 2 aromatic carbocycles. The van der Waals surface area contributed by atoms with Crippen LogP contribution >= 0.6 is 11.8 Å². The molecule has 2 N–H and O–H groups in total. The SMILES string of the molecule is Cc1ccc(-c2cc(NC(=O)CSc3n[nH]c(=O)n3CC3CCCO3)n(-c3ccccc3)n2)cc1. The number of nitrogens with zero attached hydrogens (tertiary/aromatic N) is 4. The largest absolute Gasteiger partial charge is 0.376 e. The Hall–Kier alpha value is -3.63. The zero-order chi connectivity index (χ0) is 24.2. The molecule has 180 valence electrons. The fourth-order valence-electron chi connectivity index (χ4n) is 3.98. The van der Waals surface area contributed by atoms with Gasteiger partial charge in [-0.1, -0.05) is 59.8 Å². The third-order valence-electron chi connectivity index (χ3n) is 5.79. The van der Waals surface area contributed by atoms with Gasteiger partial charge in [-0.3, -0.25) is 9.36 Å². The van der Waals surface area contributed by atoms with Crippen LogP contribution in [0.3, 0.4) is 0 Å². The summed E-state index contributed by atoms with van der Waals surface area (Å²) in [5.74, 6) is 0.438. The lowest BCUT2D eigenvalue weighted by Gasteiger charge is -2.11. The van der Waals surface area contributed by atoms with Crippen molar-refractivity contribution in [1.82, 2.24) is 24.5 Å². The molecule has 0 bridgehead atoms. The topological polar surface area (TPSA) is 107 Å². The maximum atomic E-state index is 12.9. The summed E-state index contributed by atoms with van der Waals surface area (Å²) < 4.78 is 8.90. The number of hydrogen-bond acceptors (Lipinski definition) is 6. The van der Waals surface area contributed by atoms with Crippen molar-refractivity contribution < 1.29 is 9.53 Å². The molecule has 2 aromatic heterocycles. The van der Waals surface area contributed by atoms with Crippen molar-refractivity contribution in [2.24, 2.45) is 0 Å². The molecule has 0 saturated carbocycles. The van der Waals surface area contributed by atoms with Gasteiger partial charge in [0, 0.05) is 18.2 Å². The van der Waals surface area contributed by atoms with Crippen molar-refractivity contribution in [3.63, 3.8) is 0 Å². The molecule has 1 aliphatic rings. The third-order valence-corrected chi connectivity index (χ3v) is 6.77. The van der Waals surface area contributed by atoms with E-state index in [1.165, 1.54) is 16.3 Å². The van der Waals surface area contributed by atoms with E-state index < -0.39 is 0 Å². The molecule has 0 radical (unpaired) electrons. The fraction of sp³-hybridized carbons (Fsp3) is 0.280. The minimum atomic E-state index is -0.298. The molecule has 1 fully saturated rings. The highest BCUT2D eigenvalue weighted by Gasteiger charge is 2.21. The van der Waals surface area contributed by atoms with Crippen LogP contribution in [-0.2, 0) is 16.1 Å². The Balaban J connectivity index is 1.33. The highest BCUT2D eigenvalue weighted by Crippen LogP contribution is 2.26. The van der Waals surface area contributed by atoms with Gasteiger partial charge in [0.2, 0.25) is 5.91 Å². The van der Waals surface area contributed by atoms with Crippen LogP contribution in [0.4, 0.5) is 5.82 Å². The van der Waals surface area contributed by atoms with E-state index >= 15 is 0 Å². The predicted molar refractivity (Wildman–Crippen MR) is 135 cm³/mol. The van der Waals surface area contributed by atoms with Gasteiger partial charge < -0.3 is 10.1 Å². The van der Waals surface area contributed by atoms with Gasteiger partial charge in [-0.25, -0.2) is 14.6 Å². The zero-order valence-electron chi connectivity index (χ0n) is 19.3. The second-order valence-corrected chi connectivity index (χ2v) is 9.36. The van der Waals surface area contributed by atoms with Crippen LogP contribution in [0.1, 0.15) is 18.4 Å². The quantitative estimate of drug-likeness (QED) is 0.365. The lowest BCUT2D eigenvalue weighted by atomic mass is 10.1. The molecule has 1 unspecified atom stereocenters. The van der Waals surface area contributed by atoms with E-state index in [2.05, 4.69) is 15.5 Å². The van der Waals surface area contributed by atoms with Crippen molar-refractivity contribution in [2.45, 2.75) is 37.6 Å². The predicted octanol–water partition coefficient (Wildman–Crippen LogP) is 3.64. The van der Waals surface area contributed by atoms with Gasteiger partial charge in [-0.2, -0.15) is 5.10 Å². The molecule has 9 nitrogen and oxygen atoms in total. The lowest BCUT2D eigenvalue weighted by molar-refractivity contribution is -0.113. The first-order valence-corrected chi connectivity index (χ1v) is 12.5. The van der Waals surface area contributed by atoms with Gasteiger partial charge >= 0.3 is 5.69 Å². The molecular formula is C25H26N6O3S. The molecule has 1 aliphatic heterocycles. The standard InChI is InChI=1S/C25H26N6O3S/c1-17-9-11-18(12-10-17)21-14-22(31(29-21)19-6-3-2-4-7-19)26-23(32)16-35-25-28-27-24(33)30(25)15-20-8-5-13-34-20/h2-4,6-7,9-12,14,20H,5,8,13,15-16H2,1H3,(H,26,32)(H,27,33). The molecular weight excluding hydrogens is 464 g/mol. The number of aromatic nitrogens is 5. The minimum Gasteiger partial charge on any atom is -0.376 e. The average Bonchev–Trinajstić information content (AvgIpc) is 3.61. The summed E-state index contributed by atoms with van der Waals surface area (Å²) in [6.45, 7) is 3.18. The zero-order valence-corrected chi connectivity index (χ0v) is 20.1. The summed E-state index contributed by atoms with van der Waals surface area (Å²) in [6.07, 6.45) is 1.90. The number of benzene rings is 2. The van der Waals surface area contributed by atoms with E-state index in [-0.39, 0.29) is 23.5 Å². The number of anilines is 1. The van der Waals surface area contributed by atoms with Crippen molar-refractivity contribution in [2.75, 3.05) is 17.7 Å². The molecule has 0 spiro atoms. The van der Waals surface area contributed by atoms with Crippen molar-refractivity contribution in [3.05, 3.63) is 76.7 Å². The van der Waals surface area contributed by atoms with Crippen LogP contribution in [-0.4, -0.2) is 48.9 Å². The highest BCUT2D eigenvalue weighted by molar-refractivity contribution is 7.99. The Morgan fingerprint density at radius 2 is 2.00 bits per heavy atom. The monoisotopic (exact) mass is 490 g/mol. The van der Waals surface area contributed by atoms with Crippen LogP contribution in [0.15, 0.2) is 70.6 Å². The van der Waals surface area contributed by atoms with E-state index in [4.69, 9.17) is 9.84 Å². The molecule has 10 heteroatoms. The van der Waals surface area contributed by atoms with E-state index in [0.717, 1.165) is 35.3 Å². The first-order chi connectivity index (χ1) is 17.1. The number of aromatic amines is 1. The van der Waals surface area contributed by atoms with Crippen LogP contribution in [0.25, 0.3) is 16.9 Å². The first kappa shape index (κ1) is 23.1. The number of amides is 1. The van der Waals surface area contributed by atoms with E-state index in [9.17, 15) is 9.59 Å². The lowest BCUT2D eigenvalue weighted by Crippen LogP contribution is -2.25. The first-order valence-electron chi connectivity index (χ1n) is 11.5. The molecule has 4 aromatic rings. The fourth-order valence-corrected chi connectivity index (χ4v) is 4.73. The molecule has 35 heavy (non-hydrogen) atoms. The Morgan fingerprint density at radius 1 is 1.20 bits per heavy atom. The Morgan fingerprint density at radius 3 is 2.74 bits per heavy atom. The van der Waals surface area contributed by atoms with E-state index in [1.807, 2.05) is 67.6 Å². The molecule has 5 rings (SSSR count). The third kappa shape index (κ3) is 5.39. The highest BCUT2D eigenvalue weighted by atomic mass is 32.2. The summed E-state index contributed by atoms with van der Waals surface area (Å²) in [4.78, 5) is 25.1. The van der Waals surface area contributed by atoms with Crippen LogP contribution in [0, 0.1) is 6.92 Å². The number of nitrogens with one attached hydrogen (secondary N) is 2. The molecule has 1 atom stereocenters. The number of H-pyrrole nitrogens is 1. The van der Waals surface area contributed by atoms with Gasteiger partial charge in [-0.05, 0) is 31.9 Å². The maximum absolute atomic E-state index is 12.9. The number of aryl methyl sites for hydroxylation is 1. The average molecular weight is 491 g/mol. The summed E-state index contributed by atoms with van der Waals surface area (Å²) in [5, 5.41) is 14.7. The van der Waals surface area contributed by atoms with Crippen LogP contribution < -0.4 is 11.0 Å². The number of thioether (sulfide) groups is 1. The summed E-state index contributed by atoms with van der Waals surface area (Å²) >= 11 is 1.21. The van der Waals surface area contributed by atoms with Gasteiger partial charge in [0.05, 0.1) is 29.8 Å². The molecule has 1 saturated heterocycles. The second-order valence-electron chi connectivity index (χ2n) is 8.42. The van der Waals surface area contributed by atoms with Gasteiger partial charge in [0.25, 0.3) is 0 Å². The van der Waals surface area contributed by atoms with Crippen LogP contribution in [0.2, 0.25) is 0 Å². The Labute approximate surface area is 206 Å². The van der Waals surface area contributed by atoms with Gasteiger partial charge in [0.15, 0.2) is 5.16 Å². The van der Waals surface area contributed by atoms with Crippen molar-refractivity contribution in [1.29, 1.82) is 0 Å². The second kappa shape index (κ2) is 10.3. The molecule has 1 amide bonds. The van der Waals surface area contributed by atoms with Crippen molar-refractivity contribution >= 4 is 23.5 Å². The Kier molecular flexibility index (Phi) is 6.82. The maximum Gasteiger partial charge on any atom is 0.344 e. The Bertz CT molecular complexity index is 1350. The number of rotatable bonds is 8. The minimum absolute atomic E-state index is 0.00102.